The number of hydrogen-bond donors (Lipinski definition) is 1. The lowest BCUT2D eigenvalue weighted by Gasteiger charge is -2.30. The Morgan fingerprint density at radius 3 is 2.74 bits per heavy atom. The Morgan fingerprint density at radius 2 is 2.04 bits per heavy atom. The van der Waals surface area contributed by atoms with Crippen LogP contribution >= 0.6 is 22.7 Å². The number of carbonyl (C=O) groups excluding carboxylic acids is 2. The molecular formula is C18H23N5O2S2. The van der Waals surface area contributed by atoms with E-state index in [-0.39, 0.29) is 17.7 Å². The minimum absolute atomic E-state index is 0.0668. The number of anilines is 2. The maximum atomic E-state index is 12.4. The fraction of sp³-hybridized carbons (Fsp3) is 0.556. The van der Waals surface area contributed by atoms with Crippen molar-refractivity contribution in [3.05, 3.63) is 22.4 Å². The summed E-state index contributed by atoms with van der Waals surface area (Å²) in [5.41, 5.74) is 0. The molecule has 2 saturated heterocycles. The lowest BCUT2D eigenvalue weighted by atomic mass is 9.96. The zero-order valence-corrected chi connectivity index (χ0v) is 16.7. The molecule has 2 aliphatic heterocycles. The molecule has 7 nitrogen and oxygen atoms in total. The first-order chi connectivity index (χ1) is 13.2. The van der Waals surface area contributed by atoms with Crippen molar-refractivity contribution in [1.82, 2.24) is 15.5 Å². The molecule has 0 saturated carbocycles. The van der Waals surface area contributed by atoms with Crippen LogP contribution in [0.25, 0.3) is 0 Å². The van der Waals surface area contributed by atoms with Gasteiger partial charge >= 0.3 is 0 Å². The second-order valence-corrected chi connectivity index (χ2v) is 8.86. The summed E-state index contributed by atoms with van der Waals surface area (Å²) in [5, 5.41) is 15.1. The molecule has 4 heterocycles. The number of thiophene rings is 1. The van der Waals surface area contributed by atoms with Crippen LogP contribution in [-0.4, -0.2) is 48.2 Å². The topological polar surface area (TPSA) is 78.4 Å². The van der Waals surface area contributed by atoms with Gasteiger partial charge < -0.3 is 10.2 Å². The van der Waals surface area contributed by atoms with E-state index in [1.54, 1.807) is 16.2 Å². The predicted octanol–water partition coefficient (Wildman–Crippen LogP) is 2.30. The minimum atomic E-state index is 0.0668. The summed E-state index contributed by atoms with van der Waals surface area (Å²) >= 11 is 3.20. The van der Waals surface area contributed by atoms with Gasteiger partial charge in [-0.15, -0.1) is 21.5 Å². The molecule has 1 N–H and O–H groups in total. The highest BCUT2D eigenvalue weighted by molar-refractivity contribution is 7.19. The fourth-order valence-electron chi connectivity index (χ4n) is 3.54. The standard InChI is InChI=1S/C18H23N5O2S2/c24-15-4-1-9-23(15)18-21-20-17(27-18)22-10-6-13(7-11-22)16(25)19-8-5-14-3-2-12-26-14/h2-3,12-13H,1,4-11H2,(H,19,25). The summed E-state index contributed by atoms with van der Waals surface area (Å²) in [7, 11) is 0. The Morgan fingerprint density at radius 1 is 1.22 bits per heavy atom. The smallest absolute Gasteiger partial charge is 0.228 e. The van der Waals surface area contributed by atoms with Crippen molar-refractivity contribution in [3.63, 3.8) is 0 Å². The molecule has 0 aliphatic carbocycles. The van der Waals surface area contributed by atoms with Crippen molar-refractivity contribution in [2.45, 2.75) is 32.1 Å². The number of aromatic nitrogens is 2. The average Bonchev–Trinajstić information content (AvgIpc) is 3.43. The molecular weight excluding hydrogens is 382 g/mol. The summed E-state index contributed by atoms with van der Waals surface area (Å²) < 4.78 is 0. The number of nitrogens with zero attached hydrogens (tertiary/aromatic N) is 4. The Labute approximate surface area is 166 Å². The average molecular weight is 406 g/mol. The van der Waals surface area contributed by atoms with Crippen molar-refractivity contribution in [1.29, 1.82) is 0 Å². The molecule has 144 valence electrons. The second-order valence-electron chi connectivity index (χ2n) is 6.90. The number of hydrogen-bond acceptors (Lipinski definition) is 7. The molecule has 2 aliphatic rings. The number of nitrogens with one attached hydrogen (secondary N) is 1. The predicted molar refractivity (Wildman–Crippen MR) is 107 cm³/mol. The normalized spacial score (nSPS) is 18.3. The van der Waals surface area contributed by atoms with E-state index in [9.17, 15) is 9.59 Å². The van der Waals surface area contributed by atoms with Crippen LogP contribution in [0.15, 0.2) is 17.5 Å². The van der Waals surface area contributed by atoms with E-state index in [0.29, 0.717) is 18.1 Å². The molecule has 9 heteroatoms. The first-order valence-electron chi connectivity index (χ1n) is 9.39. The maximum Gasteiger partial charge on any atom is 0.228 e. The van der Waals surface area contributed by atoms with Gasteiger partial charge in [0.25, 0.3) is 0 Å². The van der Waals surface area contributed by atoms with Gasteiger partial charge in [-0.3, -0.25) is 14.5 Å². The van der Waals surface area contributed by atoms with Gasteiger partial charge in [0.2, 0.25) is 22.1 Å². The molecule has 2 fully saturated rings. The molecule has 2 amide bonds. The summed E-state index contributed by atoms with van der Waals surface area (Å²) in [6.45, 7) is 3.03. The van der Waals surface area contributed by atoms with Gasteiger partial charge in [-0.05, 0) is 37.1 Å². The highest BCUT2D eigenvalue weighted by atomic mass is 32.1. The Hall–Kier alpha value is -2.00. The summed E-state index contributed by atoms with van der Waals surface area (Å²) in [6.07, 6.45) is 4.03. The number of amides is 2. The Balaban J connectivity index is 1.24. The van der Waals surface area contributed by atoms with Crippen LogP contribution in [0.3, 0.4) is 0 Å². The van der Waals surface area contributed by atoms with Gasteiger partial charge in [-0.2, -0.15) is 0 Å². The Kier molecular flexibility index (Phi) is 5.68. The number of rotatable bonds is 6. The van der Waals surface area contributed by atoms with Crippen molar-refractivity contribution in [2.75, 3.05) is 36.0 Å². The van der Waals surface area contributed by atoms with Gasteiger partial charge in [-0.1, -0.05) is 17.4 Å². The van der Waals surface area contributed by atoms with Crippen LogP contribution in [0.2, 0.25) is 0 Å². The minimum Gasteiger partial charge on any atom is -0.355 e. The van der Waals surface area contributed by atoms with Crippen molar-refractivity contribution < 1.29 is 9.59 Å². The maximum absolute atomic E-state index is 12.4. The highest BCUT2D eigenvalue weighted by Crippen LogP contribution is 2.32. The SMILES string of the molecule is O=C(NCCc1cccs1)C1CCN(c2nnc(N3CCCC3=O)s2)CC1. The summed E-state index contributed by atoms with van der Waals surface area (Å²) in [6, 6.07) is 4.14. The van der Waals surface area contributed by atoms with E-state index < -0.39 is 0 Å². The van der Waals surface area contributed by atoms with E-state index in [4.69, 9.17) is 0 Å². The molecule has 4 rings (SSSR count). The van der Waals surface area contributed by atoms with Gasteiger partial charge in [0, 0.05) is 43.4 Å². The van der Waals surface area contributed by atoms with Gasteiger partial charge in [-0.25, -0.2) is 0 Å². The van der Waals surface area contributed by atoms with Crippen LogP contribution in [-0.2, 0) is 16.0 Å². The van der Waals surface area contributed by atoms with E-state index in [2.05, 4.69) is 31.9 Å². The van der Waals surface area contributed by atoms with Gasteiger partial charge in [0.05, 0.1) is 0 Å². The van der Waals surface area contributed by atoms with Crippen LogP contribution in [0.1, 0.15) is 30.6 Å². The molecule has 0 bridgehead atoms. The third-order valence-electron chi connectivity index (χ3n) is 5.09. The van der Waals surface area contributed by atoms with Crippen LogP contribution < -0.4 is 15.1 Å². The van der Waals surface area contributed by atoms with Crippen LogP contribution in [0, 0.1) is 5.92 Å². The fourth-order valence-corrected chi connectivity index (χ4v) is 5.19. The van der Waals surface area contributed by atoms with E-state index >= 15 is 0 Å². The third kappa shape index (κ3) is 4.30. The van der Waals surface area contributed by atoms with Gasteiger partial charge in [0.15, 0.2) is 0 Å². The quantitative estimate of drug-likeness (QED) is 0.798. The van der Waals surface area contributed by atoms with Crippen molar-refractivity contribution in [3.8, 4) is 0 Å². The zero-order chi connectivity index (χ0) is 18.6. The molecule has 0 spiro atoms. The lowest BCUT2D eigenvalue weighted by Crippen LogP contribution is -2.41. The Bertz CT molecular complexity index is 784. The van der Waals surface area contributed by atoms with Crippen LogP contribution in [0.5, 0.6) is 0 Å². The first kappa shape index (κ1) is 18.4. The number of carbonyl (C=O) groups is 2. The molecule has 0 aromatic carbocycles. The molecule has 27 heavy (non-hydrogen) atoms. The van der Waals surface area contributed by atoms with E-state index in [1.807, 2.05) is 6.07 Å². The third-order valence-corrected chi connectivity index (χ3v) is 7.04. The molecule has 2 aromatic rings. The van der Waals surface area contributed by atoms with Crippen LogP contribution in [0.4, 0.5) is 10.3 Å². The molecule has 0 unspecified atom stereocenters. The monoisotopic (exact) mass is 405 g/mol. The van der Waals surface area contributed by atoms with Gasteiger partial charge in [0.1, 0.15) is 0 Å². The van der Waals surface area contributed by atoms with E-state index in [0.717, 1.165) is 50.4 Å². The molecule has 2 aromatic heterocycles. The summed E-state index contributed by atoms with van der Waals surface area (Å²) in [4.78, 5) is 29.4. The molecule has 0 radical (unpaired) electrons. The summed E-state index contributed by atoms with van der Waals surface area (Å²) in [5.74, 6) is 0.361. The number of piperidine rings is 1. The zero-order valence-electron chi connectivity index (χ0n) is 15.1. The van der Waals surface area contributed by atoms with Crippen molar-refractivity contribution >= 4 is 44.8 Å². The second kappa shape index (κ2) is 8.35. The molecule has 0 atom stereocenters. The largest absolute Gasteiger partial charge is 0.355 e. The van der Waals surface area contributed by atoms with E-state index in [1.165, 1.54) is 16.2 Å². The van der Waals surface area contributed by atoms with Crippen molar-refractivity contribution in [2.24, 2.45) is 5.92 Å². The lowest BCUT2D eigenvalue weighted by molar-refractivity contribution is -0.125. The first-order valence-corrected chi connectivity index (χ1v) is 11.1. The highest BCUT2D eigenvalue weighted by Gasteiger charge is 2.29.